The number of likely N-dealkylation sites (tertiary alicyclic amines) is 1. The van der Waals surface area contributed by atoms with Crippen LogP contribution in [0, 0.1) is 5.41 Å². The average molecular weight is 291 g/mol. The van der Waals surface area contributed by atoms with E-state index < -0.39 is 0 Å². The van der Waals surface area contributed by atoms with Crippen molar-refractivity contribution < 1.29 is 4.79 Å². The van der Waals surface area contributed by atoms with Crippen LogP contribution in [0.1, 0.15) is 46.0 Å². The first-order valence-electron chi connectivity index (χ1n) is 7.82. The standard InChI is InChI=1S/C16H25N3O2/c1-3-7-16(2)8-4-10-18(12-16)15(21)6-11-19-13-17-9-5-14(19)20/h5,9,13H,3-4,6-8,10-12H2,1-2H3. The molecule has 0 aliphatic carbocycles. The number of amides is 1. The van der Waals surface area contributed by atoms with Gasteiger partial charge in [-0.05, 0) is 24.7 Å². The van der Waals surface area contributed by atoms with Crippen LogP contribution < -0.4 is 5.56 Å². The van der Waals surface area contributed by atoms with Crippen molar-refractivity contribution in [3.8, 4) is 0 Å². The lowest BCUT2D eigenvalue weighted by Crippen LogP contribution is -2.45. The van der Waals surface area contributed by atoms with Crippen molar-refractivity contribution in [2.45, 2.75) is 52.5 Å². The molecule has 0 radical (unpaired) electrons. The summed E-state index contributed by atoms with van der Waals surface area (Å²) in [4.78, 5) is 29.9. The molecule has 0 bridgehead atoms. The molecule has 21 heavy (non-hydrogen) atoms. The fraction of sp³-hybridized carbons (Fsp3) is 0.688. The Balaban J connectivity index is 1.91. The number of carbonyl (C=O) groups is 1. The van der Waals surface area contributed by atoms with Crippen LogP contribution in [0.15, 0.2) is 23.4 Å². The van der Waals surface area contributed by atoms with Gasteiger partial charge in [-0.25, -0.2) is 4.98 Å². The van der Waals surface area contributed by atoms with Crippen LogP contribution in [-0.2, 0) is 11.3 Å². The summed E-state index contributed by atoms with van der Waals surface area (Å²) in [7, 11) is 0. The summed E-state index contributed by atoms with van der Waals surface area (Å²) in [6, 6.07) is 1.42. The van der Waals surface area contributed by atoms with Crippen molar-refractivity contribution >= 4 is 5.91 Å². The first-order valence-corrected chi connectivity index (χ1v) is 7.82. The van der Waals surface area contributed by atoms with E-state index in [2.05, 4.69) is 18.8 Å². The van der Waals surface area contributed by atoms with Gasteiger partial charge in [-0.15, -0.1) is 0 Å². The minimum Gasteiger partial charge on any atom is -0.342 e. The first-order chi connectivity index (χ1) is 10.0. The van der Waals surface area contributed by atoms with Crippen LogP contribution in [0.4, 0.5) is 0 Å². The zero-order chi connectivity index (χ0) is 15.3. The molecular weight excluding hydrogens is 266 g/mol. The average Bonchev–Trinajstić information content (AvgIpc) is 2.46. The normalized spacial score (nSPS) is 22.3. The molecule has 0 spiro atoms. The first kappa shape index (κ1) is 15.7. The molecule has 116 valence electrons. The number of hydrogen-bond acceptors (Lipinski definition) is 3. The maximum Gasteiger partial charge on any atom is 0.253 e. The molecule has 1 fully saturated rings. The summed E-state index contributed by atoms with van der Waals surface area (Å²) in [5.41, 5.74) is 0.153. The summed E-state index contributed by atoms with van der Waals surface area (Å²) in [6.45, 7) is 6.58. The predicted octanol–water partition coefficient (Wildman–Crippen LogP) is 2.06. The van der Waals surface area contributed by atoms with Crippen LogP contribution in [0.2, 0.25) is 0 Å². The van der Waals surface area contributed by atoms with Crippen molar-refractivity contribution in [1.82, 2.24) is 14.5 Å². The van der Waals surface area contributed by atoms with Gasteiger partial charge in [0.1, 0.15) is 0 Å². The summed E-state index contributed by atoms with van der Waals surface area (Å²) in [6.07, 6.45) is 7.94. The molecule has 1 amide bonds. The van der Waals surface area contributed by atoms with E-state index in [1.807, 2.05) is 4.90 Å². The number of aryl methyl sites for hydroxylation is 1. The van der Waals surface area contributed by atoms with Gasteiger partial charge in [0.25, 0.3) is 5.56 Å². The Morgan fingerprint density at radius 2 is 2.29 bits per heavy atom. The Morgan fingerprint density at radius 3 is 3.00 bits per heavy atom. The maximum absolute atomic E-state index is 12.4. The van der Waals surface area contributed by atoms with Gasteiger partial charge in [-0.1, -0.05) is 20.3 Å². The molecule has 0 saturated carbocycles. The second-order valence-electron chi connectivity index (χ2n) is 6.34. The molecule has 5 heteroatoms. The number of aromatic nitrogens is 2. The van der Waals surface area contributed by atoms with Gasteiger partial charge in [0.15, 0.2) is 0 Å². The van der Waals surface area contributed by atoms with Gasteiger partial charge in [-0.3, -0.25) is 14.2 Å². The molecule has 2 rings (SSSR count). The molecule has 1 saturated heterocycles. The zero-order valence-corrected chi connectivity index (χ0v) is 13.0. The van der Waals surface area contributed by atoms with Crippen molar-refractivity contribution in [2.75, 3.05) is 13.1 Å². The van der Waals surface area contributed by atoms with Crippen molar-refractivity contribution in [1.29, 1.82) is 0 Å². The van der Waals surface area contributed by atoms with Gasteiger partial charge >= 0.3 is 0 Å². The van der Waals surface area contributed by atoms with Gasteiger partial charge in [0.2, 0.25) is 5.91 Å². The van der Waals surface area contributed by atoms with E-state index in [-0.39, 0.29) is 16.9 Å². The smallest absolute Gasteiger partial charge is 0.253 e. The number of rotatable bonds is 5. The zero-order valence-electron chi connectivity index (χ0n) is 13.0. The SMILES string of the molecule is CCCC1(C)CCCN(C(=O)CCn2cnccc2=O)C1. The monoisotopic (exact) mass is 291 g/mol. The summed E-state index contributed by atoms with van der Waals surface area (Å²) in [5.74, 6) is 0.146. The molecular formula is C16H25N3O2. The number of nitrogens with zero attached hydrogens (tertiary/aromatic N) is 3. The molecule has 1 aliphatic rings. The van der Waals surface area contributed by atoms with E-state index >= 15 is 0 Å². The van der Waals surface area contributed by atoms with E-state index in [0.29, 0.717) is 13.0 Å². The summed E-state index contributed by atoms with van der Waals surface area (Å²) >= 11 is 0. The lowest BCUT2D eigenvalue weighted by molar-refractivity contribution is -0.134. The number of hydrogen-bond donors (Lipinski definition) is 0. The molecule has 5 nitrogen and oxygen atoms in total. The highest BCUT2D eigenvalue weighted by atomic mass is 16.2. The fourth-order valence-corrected chi connectivity index (χ4v) is 3.26. The molecule has 0 N–H and O–H groups in total. The molecule has 1 aliphatic heterocycles. The Kier molecular flexibility index (Phi) is 5.15. The molecule has 1 aromatic heterocycles. The largest absolute Gasteiger partial charge is 0.342 e. The van der Waals surface area contributed by atoms with Crippen LogP contribution in [0.3, 0.4) is 0 Å². The van der Waals surface area contributed by atoms with Crippen molar-refractivity contribution in [2.24, 2.45) is 5.41 Å². The van der Waals surface area contributed by atoms with Crippen LogP contribution in [0.5, 0.6) is 0 Å². The topological polar surface area (TPSA) is 55.2 Å². The van der Waals surface area contributed by atoms with Crippen molar-refractivity contribution in [3.05, 3.63) is 28.9 Å². The molecule has 1 unspecified atom stereocenters. The van der Waals surface area contributed by atoms with Crippen LogP contribution in [-0.4, -0.2) is 33.4 Å². The minimum atomic E-state index is -0.104. The van der Waals surface area contributed by atoms with Gasteiger partial charge in [0.05, 0.1) is 6.33 Å². The van der Waals surface area contributed by atoms with E-state index in [1.165, 1.54) is 36.0 Å². The van der Waals surface area contributed by atoms with Gasteiger partial charge in [0, 0.05) is 38.3 Å². The molecule has 1 atom stereocenters. The minimum absolute atomic E-state index is 0.104. The highest BCUT2D eigenvalue weighted by Crippen LogP contribution is 2.34. The van der Waals surface area contributed by atoms with Crippen LogP contribution in [0.25, 0.3) is 0 Å². The third-order valence-corrected chi connectivity index (χ3v) is 4.35. The lowest BCUT2D eigenvalue weighted by atomic mass is 9.78. The predicted molar refractivity (Wildman–Crippen MR) is 81.9 cm³/mol. The molecule has 0 aromatic carbocycles. The van der Waals surface area contributed by atoms with Crippen LogP contribution >= 0.6 is 0 Å². The fourth-order valence-electron chi connectivity index (χ4n) is 3.26. The third-order valence-electron chi connectivity index (χ3n) is 4.35. The second kappa shape index (κ2) is 6.87. The molecule has 2 heterocycles. The second-order valence-corrected chi connectivity index (χ2v) is 6.34. The third kappa shape index (κ3) is 4.16. The number of piperidine rings is 1. The number of carbonyl (C=O) groups excluding carboxylic acids is 1. The van der Waals surface area contributed by atoms with E-state index in [4.69, 9.17) is 0 Å². The van der Waals surface area contributed by atoms with Gasteiger partial charge < -0.3 is 4.90 Å². The Morgan fingerprint density at radius 1 is 1.48 bits per heavy atom. The summed E-state index contributed by atoms with van der Waals surface area (Å²) in [5, 5.41) is 0. The van der Waals surface area contributed by atoms with Crippen molar-refractivity contribution in [3.63, 3.8) is 0 Å². The highest BCUT2D eigenvalue weighted by Gasteiger charge is 2.31. The Bertz CT molecular complexity index is 536. The maximum atomic E-state index is 12.4. The molecule has 1 aromatic rings. The van der Waals surface area contributed by atoms with Gasteiger partial charge in [-0.2, -0.15) is 0 Å². The van der Waals surface area contributed by atoms with E-state index in [1.54, 1.807) is 0 Å². The van der Waals surface area contributed by atoms with E-state index in [0.717, 1.165) is 25.9 Å². The highest BCUT2D eigenvalue weighted by molar-refractivity contribution is 5.76. The Hall–Kier alpha value is -1.65. The summed E-state index contributed by atoms with van der Waals surface area (Å²) < 4.78 is 1.49. The Labute approximate surface area is 126 Å². The quantitative estimate of drug-likeness (QED) is 0.834. The lowest BCUT2D eigenvalue weighted by Gasteiger charge is -2.40. The van der Waals surface area contributed by atoms with E-state index in [9.17, 15) is 9.59 Å².